The standard InChI is InChI=1S/C14H23N3O/c1-5-11(4)17(6-2)13-8-7-10(3)9-12(13)14(15)16-18/h7-9,11,18H,5-6H2,1-4H3,(H2,15,16). The Hall–Kier alpha value is -1.71. The molecule has 4 nitrogen and oxygen atoms in total. The van der Waals surface area contributed by atoms with E-state index in [-0.39, 0.29) is 5.84 Å². The first-order valence-corrected chi connectivity index (χ1v) is 6.40. The van der Waals surface area contributed by atoms with Gasteiger partial charge in [-0.2, -0.15) is 0 Å². The normalized spacial score (nSPS) is 13.4. The number of nitrogens with zero attached hydrogens (tertiary/aromatic N) is 2. The summed E-state index contributed by atoms with van der Waals surface area (Å²) in [6.45, 7) is 9.34. The van der Waals surface area contributed by atoms with Gasteiger partial charge in [-0.15, -0.1) is 0 Å². The molecule has 100 valence electrons. The van der Waals surface area contributed by atoms with Crippen molar-refractivity contribution in [3.8, 4) is 0 Å². The Morgan fingerprint density at radius 3 is 2.61 bits per heavy atom. The smallest absolute Gasteiger partial charge is 0.172 e. The number of hydrogen-bond acceptors (Lipinski definition) is 3. The number of benzene rings is 1. The van der Waals surface area contributed by atoms with Crippen molar-refractivity contribution in [1.82, 2.24) is 0 Å². The van der Waals surface area contributed by atoms with Gasteiger partial charge < -0.3 is 15.8 Å². The third kappa shape index (κ3) is 2.94. The van der Waals surface area contributed by atoms with Crippen LogP contribution < -0.4 is 10.6 Å². The van der Waals surface area contributed by atoms with Crippen molar-refractivity contribution < 1.29 is 5.21 Å². The summed E-state index contributed by atoms with van der Waals surface area (Å²) in [5.74, 6) is 0.162. The van der Waals surface area contributed by atoms with Crippen LogP contribution in [0.5, 0.6) is 0 Å². The molecule has 0 saturated heterocycles. The molecular formula is C14H23N3O. The van der Waals surface area contributed by atoms with E-state index in [9.17, 15) is 0 Å². The number of rotatable bonds is 5. The first kappa shape index (κ1) is 14.4. The van der Waals surface area contributed by atoms with Crippen LogP contribution in [0.1, 0.15) is 38.3 Å². The first-order chi connectivity index (χ1) is 8.54. The molecule has 4 heteroatoms. The van der Waals surface area contributed by atoms with Gasteiger partial charge in [-0.1, -0.05) is 23.7 Å². The van der Waals surface area contributed by atoms with E-state index in [4.69, 9.17) is 10.9 Å². The second-order valence-electron chi connectivity index (χ2n) is 4.55. The fourth-order valence-electron chi connectivity index (χ4n) is 2.10. The van der Waals surface area contributed by atoms with E-state index >= 15 is 0 Å². The van der Waals surface area contributed by atoms with Crippen LogP contribution in [-0.2, 0) is 0 Å². The molecule has 18 heavy (non-hydrogen) atoms. The fourth-order valence-corrected chi connectivity index (χ4v) is 2.10. The van der Waals surface area contributed by atoms with E-state index in [1.165, 1.54) is 0 Å². The van der Waals surface area contributed by atoms with Gasteiger partial charge in [-0.3, -0.25) is 0 Å². The molecule has 1 aromatic rings. The lowest BCUT2D eigenvalue weighted by Crippen LogP contribution is -2.34. The minimum atomic E-state index is 0.162. The zero-order valence-corrected chi connectivity index (χ0v) is 11.6. The lowest BCUT2D eigenvalue weighted by Gasteiger charge is -2.31. The summed E-state index contributed by atoms with van der Waals surface area (Å²) in [6, 6.07) is 6.46. The molecule has 3 N–H and O–H groups in total. The molecule has 0 spiro atoms. The summed E-state index contributed by atoms with van der Waals surface area (Å²) < 4.78 is 0. The van der Waals surface area contributed by atoms with E-state index in [0.717, 1.165) is 29.8 Å². The highest BCUT2D eigenvalue weighted by Crippen LogP contribution is 2.24. The minimum Gasteiger partial charge on any atom is -0.409 e. The number of amidine groups is 1. The van der Waals surface area contributed by atoms with Crippen LogP contribution in [0.4, 0.5) is 5.69 Å². The van der Waals surface area contributed by atoms with E-state index in [1.807, 2.05) is 19.1 Å². The third-order valence-electron chi connectivity index (χ3n) is 3.31. The number of aryl methyl sites for hydroxylation is 1. The lowest BCUT2D eigenvalue weighted by molar-refractivity contribution is 0.318. The van der Waals surface area contributed by atoms with E-state index in [0.29, 0.717) is 6.04 Å². The second kappa shape index (κ2) is 6.28. The number of anilines is 1. The zero-order chi connectivity index (χ0) is 13.7. The van der Waals surface area contributed by atoms with Crippen molar-refractivity contribution in [3.05, 3.63) is 29.3 Å². The Labute approximate surface area is 109 Å². The summed E-state index contributed by atoms with van der Waals surface area (Å²) in [6.07, 6.45) is 1.05. The molecule has 1 rings (SSSR count). The topological polar surface area (TPSA) is 61.8 Å². The van der Waals surface area contributed by atoms with Gasteiger partial charge in [0.05, 0.1) is 0 Å². The van der Waals surface area contributed by atoms with Gasteiger partial charge in [0.15, 0.2) is 5.84 Å². The van der Waals surface area contributed by atoms with Crippen LogP contribution in [-0.4, -0.2) is 23.6 Å². The fraction of sp³-hybridized carbons (Fsp3) is 0.500. The molecule has 0 aliphatic carbocycles. The molecule has 0 radical (unpaired) electrons. The van der Waals surface area contributed by atoms with Gasteiger partial charge in [0.1, 0.15) is 0 Å². The maximum atomic E-state index is 8.90. The molecule has 0 bridgehead atoms. The molecule has 0 aliphatic rings. The van der Waals surface area contributed by atoms with Gasteiger partial charge in [0.25, 0.3) is 0 Å². The van der Waals surface area contributed by atoms with Crippen molar-refractivity contribution in [2.45, 2.75) is 40.2 Å². The Morgan fingerprint density at radius 1 is 1.44 bits per heavy atom. The monoisotopic (exact) mass is 249 g/mol. The van der Waals surface area contributed by atoms with Crippen LogP contribution >= 0.6 is 0 Å². The molecule has 0 aliphatic heterocycles. The molecule has 1 aromatic carbocycles. The van der Waals surface area contributed by atoms with Gasteiger partial charge >= 0.3 is 0 Å². The van der Waals surface area contributed by atoms with Crippen molar-refractivity contribution >= 4 is 11.5 Å². The average Bonchev–Trinajstić information content (AvgIpc) is 2.39. The maximum absolute atomic E-state index is 8.90. The third-order valence-corrected chi connectivity index (χ3v) is 3.31. The summed E-state index contributed by atoms with van der Waals surface area (Å²) in [5, 5.41) is 12.0. The van der Waals surface area contributed by atoms with Crippen LogP contribution in [0.15, 0.2) is 23.4 Å². The van der Waals surface area contributed by atoms with Crippen LogP contribution in [0.25, 0.3) is 0 Å². The molecule has 0 heterocycles. The van der Waals surface area contributed by atoms with Gasteiger partial charge in [-0.05, 0) is 39.3 Å². The lowest BCUT2D eigenvalue weighted by atomic mass is 10.1. The van der Waals surface area contributed by atoms with Crippen LogP contribution in [0.3, 0.4) is 0 Å². The van der Waals surface area contributed by atoms with Crippen molar-refractivity contribution in [3.63, 3.8) is 0 Å². The highest BCUT2D eigenvalue weighted by atomic mass is 16.4. The summed E-state index contributed by atoms with van der Waals surface area (Å²) in [4.78, 5) is 2.27. The summed E-state index contributed by atoms with van der Waals surface area (Å²) in [7, 11) is 0. The molecule has 0 fully saturated rings. The second-order valence-corrected chi connectivity index (χ2v) is 4.55. The zero-order valence-electron chi connectivity index (χ0n) is 11.6. The van der Waals surface area contributed by atoms with E-state index in [1.54, 1.807) is 0 Å². The Morgan fingerprint density at radius 2 is 2.11 bits per heavy atom. The molecule has 0 amide bonds. The van der Waals surface area contributed by atoms with Crippen molar-refractivity contribution in [2.24, 2.45) is 10.9 Å². The quantitative estimate of drug-likeness (QED) is 0.365. The van der Waals surface area contributed by atoms with E-state index < -0.39 is 0 Å². The number of nitrogens with two attached hydrogens (primary N) is 1. The van der Waals surface area contributed by atoms with Gasteiger partial charge in [-0.25, -0.2) is 0 Å². The van der Waals surface area contributed by atoms with Crippen LogP contribution in [0, 0.1) is 6.92 Å². The highest BCUT2D eigenvalue weighted by Gasteiger charge is 2.16. The van der Waals surface area contributed by atoms with Crippen molar-refractivity contribution in [2.75, 3.05) is 11.4 Å². The Bertz CT molecular complexity index is 429. The first-order valence-electron chi connectivity index (χ1n) is 6.40. The predicted molar refractivity (Wildman–Crippen MR) is 76.5 cm³/mol. The Balaban J connectivity index is 3.29. The largest absolute Gasteiger partial charge is 0.409 e. The average molecular weight is 249 g/mol. The maximum Gasteiger partial charge on any atom is 0.172 e. The highest BCUT2D eigenvalue weighted by molar-refractivity contribution is 6.02. The van der Waals surface area contributed by atoms with Crippen molar-refractivity contribution in [1.29, 1.82) is 0 Å². The summed E-state index contributed by atoms with van der Waals surface area (Å²) >= 11 is 0. The van der Waals surface area contributed by atoms with E-state index in [2.05, 4.69) is 36.9 Å². The molecule has 1 unspecified atom stereocenters. The Kier molecular flexibility index (Phi) is 5.01. The summed E-state index contributed by atoms with van der Waals surface area (Å²) in [5.41, 5.74) is 8.68. The van der Waals surface area contributed by atoms with Gasteiger partial charge in [0, 0.05) is 23.8 Å². The molecule has 0 aromatic heterocycles. The number of hydrogen-bond donors (Lipinski definition) is 2. The SMILES string of the molecule is CCC(C)N(CC)c1ccc(C)cc1/C(N)=N/O. The molecular weight excluding hydrogens is 226 g/mol. The van der Waals surface area contributed by atoms with Crippen LogP contribution in [0.2, 0.25) is 0 Å². The molecule has 1 atom stereocenters. The number of oxime groups is 1. The minimum absolute atomic E-state index is 0.162. The molecule has 0 saturated carbocycles. The van der Waals surface area contributed by atoms with Gasteiger partial charge in [0.2, 0.25) is 0 Å². The predicted octanol–water partition coefficient (Wildman–Crippen LogP) is 2.71.